The zero-order valence-electron chi connectivity index (χ0n) is 13.3. The van der Waals surface area contributed by atoms with Crippen LogP contribution in [0.25, 0.3) is 27.8 Å². The van der Waals surface area contributed by atoms with Crippen LogP contribution in [0.5, 0.6) is 0 Å². The van der Waals surface area contributed by atoms with E-state index in [1.165, 1.54) is 16.7 Å². The van der Waals surface area contributed by atoms with Gasteiger partial charge in [-0.3, -0.25) is 4.57 Å². The van der Waals surface area contributed by atoms with E-state index < -0.39 is 0 Å². The molecule has 23 heavy (non-hydrogen) atoms. The molecule has 1 heterocycles. The molecule has 0 N–H and O–H groups in total. The van der Waals surface area contributed by atoms with Crippen molar-refractivity contribution in [2.45, 2.75) is 13.8 Å². The summed E-state index contributed by atoms with van der Waals surface area (Å²) in [6, 6.07) is 25.5. The minimum absolute atomic E-state index is 1.01. The lowest BCUT2D eigenvalue weighted by Gasteiger charge is -2.10. The van der Waals surface area contributed by atoms with Gasteiger partial charge in [-0.05, 0) is 49.2 Å². The van der Waals surface area contributed by atoms with E-state index in [9.17, 15) is 0 Å². The number of fused-ring (bicyclic) bond motifs is 1. The van der Waals surface area contributed by atoms with Gasteiger partial charge in [-0.1, -0.05) is 54.1 Å². The molecular formula is C21H18N2. The van der Waals surface area contributed by atoms with Crippen molar-refractivity contribution in [1.29, 1.82) is 0 Å². The standard InChI is InChI=1S/C21H18N2/c1-15-7-5-8-17(13-15)18-9-6-10-19(14-18)23-16(2)22-20-11-3-4-12-21(20)23/h3-14H,1-2H3. The van der Waals surface area contributed by atoms with Crippen LogP contribution in [0, 0.1) is 13.8 Å². The van der Waals surface area contributed by atoms with E-state index in [1.54, 1.807) is 0 Å². The summed E-state index contributed by atoms with van der Waals surface area (Å²) in [7, 11) is 0. The summed E-state index contributed by atoms with van der Waals surface area (Å²) in [5.74, 6) is 1.01. The first-order valence-electron chi connectivity index (χ1n) is 7.84. The van der Waals surface area contributed by atoms with Crippen LogP contribution in [0.4, 0.5) is 0 Å². The molecule has 112 valence electrons. The summed E-state index contributed by atoms with van der Waals surface area (Å²) >= 11 is 0. The molecule has 0 aliphatic rings. The van der Waals surface area contributed by atoms with Gasteiger partial charge in [0.05, 0.1) is 11.0 Å². The molecule has 0 aliphatic carbocycles. The Morgan fingerprint density at radius 3 is 2.30 bits per heavy atom. The summed E-state index contributed by atoms with van der Waals surface area (Å²) in [5.41, 5.74) is 7.07. The average Bonchev–Trinajstić information content (AvgIpc) is 2.91. The number of aryl methyl sites for hydroxylation is 2. The van der Waals surface area contributed by atoms with Gasteiger partial charge in [0.25, 0.3) is 0 Å². The smallest absolute Gasteiger partial charge is 0.111 e. The topological polar surface area (TPSA) is 17.8 Å². The van der Waals surface area contributed by atoms with Crippen LogP contribution in [-0.4, -0.2) is 9.55 Å². The van der Waals surface area contributed by atoms with Gasteiger partial charge in [-0.2, -0.15) is 0 Å². The Morgan fingerprint density at radius 1 is 0.739 bits per heavy atom. The number of para-hydroxylation sites is 2. The largest absolute Gasteiger partial charge is 0.297 e. The molecule has 0 saturated carbocycles. The number of aromatic nitrogens is 2. The first kappa shape index (κ1) is 13.8. The lowest BCUT2D eigenvalue weighted by molar-refractivity contribution is 1.00. The van der Waals surface area contributed by atoms with E-state index in [4.69, 9.17) is 0 Å². The number of imidazole rings is 1. The summed E-state index contributed by atoms with van der Waals surface area (Å²) < 4.78 is 2.22. The number of hydrogen-bond acceptors (Lipinski definition) is 1. The zero-order valence-corrected chi connectivity index (χ0v) is 13.3. The Labute approximate surface area is 136 Å². The molecule has 4 aromatic rings. The highest BCUT2D eigenvalue weighted by Crippen LogP contribution is 2.26. The van der Waals surface area contributed by atoms with E-state index in [2.05, 4.69) is 90.1 Å². The van der Waals surface area contributed by atoms with E-state index >= 15 is 0 Å². The van der Waals surface area contributed by atoms with Crippen molar-refractivity contribution < 1.29 is 0 Å². The third-order valence-corrected chi connectivity index (χ3v) is 4.18. The molecule has 2 nitrogen and oxygen atoms in total. The predicted octanol–water partition coefficient (Wildman–Crippen LogP) is 5.31. The van der Waals surface area contributed by atoms with Gasteiger partial charge in [0.2, 0.25) is 0 Å². The fourth-order valence-electron chi connectivity index (χ4n) is 3.12. The van der Waals surface area contributed by atoms with Gasteiger partial charge < -0.3 is 0 Å². The van der Waals surface area contributed by atoms with Crippen LogP contribution in [0.15, 0.2) is 72.8 Å². The second-order valence-corrected chi connectivity index (χ2v) is 5.90. The van der Waals surface area contributed by atoms with Gasteiger partial charge in [0.15, 0.2) is 0 Å². The zero-order chi connectivity index (χ0) is 15.8. The van der Waals surface area contributed by atoms with Gasteiger partial charge >= 0.3 is 0 Å². The van der Waals surface area contributed by atoms with Crippen molar-refractivity contribution in [1.82, 2.24) is 9.55 Å². The second-order valence-electron chi connectivity index (χ2n) is 5.90. The Morgan fingerprint density at radius 2 is 1.48 bits per heavy atom. The maximum Gasteiger partial charge on any atom is 0.111 e. The predicted molar refractivity (Wildman–Crippen MR) is 96.0 cm³/mol. The molecule has 0 radical (unpaired) electrons. The Bertz CT molecular complexity index is 996. The number of rotatable bonds is 2. The summed E-state index contributed by atoms with van der Waals surface area (Å²) in [4.78, 5) is 4.67. The van der Waals surface area contributed by atoms with Gasteiger partial charge in [0, 0.05) is 5.69 Å². The summed E-state index contributed by atoms with van der Waals surface area (Å²) in [6.07, 6.45) is 0. The normalized spacial score (nSPS) is 11.0. The van der Waals surface area contributed by atoms with Gasteiger partial charge in [0.1, 0.15) is 5.82 Å². The van der Waals surface area contributed by atoms with Crippen LogP contribution < -0.4 is 0 Å². The number of nitrogens with zero attached hydrogens (tertiary/aromatic N) is 2. The molecule has 0 bridgehead atoms. The van der Waals surface area contributed by atoms with E-state index in [-0.39, 0.29) is 0 Å². The number of hydrogen-bond donors (Lipinski definition) is 0. The maximum atomic E-state index is 4.67. The molecule has 0 unspecified atom stereocenters. The van der Waals surface area contributed by atoms with Crippen LogP contribution in [-0.2, 0) is 0 Å². The van der Waals surface area contributed by atoms with Crippen molar-refractivity contribution in [3.05, 3.63) is 84.2 Å². The summed E-state index contributed by atoms with van der Waals surface area (Å²) in [6.45, 7) is 4.18. The van der Waals surface area contributed by atoms with E-state index in [1.807, 2.05) is 6.07 Å². The highest BCUT2D eigenvalue weighted by molar-refractivity contribution is 5.79. The highest BCUT2D eigenvalue weighted by atomic mass is 15.1. The van der Waals surface area contributed by atoms with Crippen molar-refractivity contribution in [2.24, 2.45) is 0 Å². The van der Waals surface area contributed by atoms with Crippen LogP contribution in [0.1, 0.15) is 11.4 Å². The molecule has 0 amide bonds. The van der Waals surface area contributed by atoms with Crippen LogP contribution in [0.3, 0.4) is 0 Å². The Hall–Kier alpha value is -2.87. The first-order valence-corrected chi connectivity index (χ1v) is 7.84. The first-order chi connectivity index (χ1) is 11.2. The lowest BCUT2D eigenvalue weighted by Crippen LogP contribution is -1.97. The Kier molecular flexibility index (Phi) is 3.23. The fourth-order valence-corrected chi connectivity index (χ4v) is 3.12. The van der Waals surface area contributed by atoms with Gasteiger partial charge in [-0.25, -0.2) is 4.98 Å². The second kappa shape index (κ2) is 5.40. The summed E-state index contributed by atoms with van der Waals surface area (Å²) in [5, 5.41) is 0. The molecule has 3 aromatic carbocycles. The van der Waals surface area contributed by atoms with Crippen molar-refractivity contribution in [3.8, 4) is 16.8 Å². The minimum Gasteiger partial charge on any atom is -0.297 e. The molecular weight excluding hydrogens is 280 g/mol. The monoisotopic (exact) mass is 298 g/mol. The molecule has 0 atom stereocenters. The minimum atomic E-state index is 1.01. The molecule has 0 fully saturated rings. The highest BCUT2D eigenvalue weighted by Gasteiger charge is 2.09. The number of benzene rings is 3. The van der Waals surface area contributed by atoms with Crippen LogP contribution in [0.2, 0.25) is 0 Å². The quantitative estimate of drug-likeness (QED) is 0.490. The average molecular weight is 298 g/mol. The van der Waals surface area contributed by atoms with Gasteiger partial charge in [-0.15, -0.1) is 0 Å². The maximum absolute atomic E-state index is 4.67. The van der Waals surface area contributed by atoms with Crippen molar-refractivity contribution in [3.63, 3.8) is 0 Å². The molecule has 0 spiro atoms. The SMILES string of the molecule is Cc1cccc(-c2cccc(-n3c(C)nc4ccccc43)c2)c1. The molecule has 0 aliphatic heterocycles. The molecule has 0 saturated heterocycles. The Balaban J connectivity index is 1.90. The lowest BCUT2D eigenvalue weighted by atomic mass is 10.0. The third kappa shape index (κ3) is 2.42. The van der Waals surface area contributed by atoms with Crippen molar-refractivity contribution >= 4 is 11.0 Å². The van der Waals surface area contributed by atoms with Crippen LogP contribution >= 0.6 is 0 Å². The third-order valence-electron chi connectivity index (χ3n) is 4.18. The fraction of sp³-hybridized carbons (Fsp3) is 0.0952. The van der Waals surface area contributed by atoms with Crippen molar-refractivity contribution in [2.75, 3.05) is 0 Å². The molecule has 4 rings (SSSR count). The van der Waals surface area contributed by atoms with E-state index in [0.29, 0.717) is 0 Å². The molecule has 2 heteroatoms. The molecule has 1 aromatic heterocycles. The van der Waals surface area contributed by atoms with E-state index in [0.717, 1.165) is 22.5 Å².